The maximum atomic E-state index is 5.51. The lowest BCUT2D eigenvalue weighted by Gasteiger charge is -2.11. The van der Waals surface area contributed by atoms with Crippen molar-refractivity contribution in [2.45, 2.75) is 26.4 Å². The second-order valence-corrected chi connectivity index (χ2v) is 5.02. The zero-order valence-electron chi connectivity index (χ0n) is 10.0. The Morgan fingerprint density at radius 1 is 1.29 bits per heavy atom. The highest BCUT2D eigenvalue weighted by Gasteiger charge is 2.08. The lowest BCUT2D eigenvalue weighted by molar-refractivity contribution is 0.418. The van der Waals surface area contributed by atoms with Crippen molar-refractivity contribution in [3.63, 3.8) is 0 Å². The zero-order valence-corrected chi connectivity index (χ0v) is 11.6. The average Bonchev–Trinajstić information content (AvgIpc) is 2.73. The SMILES string of the molecule is Cc1cccc(CNC(C)c2ccc(Br)o2)c1. The molecular formula is C14H16BrNO. The maximum absolute atomic E-state index is 5.51. The maximum Gasteiger partial charge on any atom is 0.169 e. The summed E-state index contributed by atoms with van der Waals surface area (Å²) >= 11 is 3.31. The van der Waals surface area contributed by atoms with Crippen molar-refractivity contribution in [3.05, 3.63) is 58.0 Å². The van der Waals surface area contributed by atoms with Crippen molar-refractivity contribution < 1.29 is 4.42 Å². The number of hydrogen-bond donors (Lipinski definition) is 1. The van der Waals surface area contributed by atoms with Crippen LogP contribution >= 0.6 is 15.9 Å². The van der Waals surface area contributed by atoms with E-state index in [1.165, 1.54) is 11.1 Å². The van der Waals surface area contributed by atoms with E-state index in [0.29, 0.717) is 0 Å². The number of rotatable bonds is 4. The van der Waals surface area contributed by atoms with Crippen molar-refractivity contribution in [1.82, 2.24) is 5.32 Å². The average molecular weight is 294 g/mol. The van der Waals surface area contributed by atoms with E-state index in [9.17, 15) is 0 Å². The van der Waals surface area contributed by atoms with Gasteiger partial charge in [0, 0.05) is 6.54 Å². The normalized spacial score (nSPS) is 12.6. The lowest BCUT2D eigenvalue weighted by atomic mass is 10.1. The van der Waals surface area contributed by atoms with E-state index in [0.717, 1.165) is 17.0 Å². The van der Waals surface area contributed by atoms with Crippen LogP contribution in [0.25, 0.3) is 0 Å². The Morgan fingerprint density at radius 2 is 2.12 bits per heavy atom. The highest BCUT2D eigenvalue weighted by molar-refractivity contribution is 9.10. The molecule has 17 heavy (non-hydrogen) atoms. The van der Waals surface area contributed by atoms with Crippen molar-refractivity contribution >= 4 is 15.9 Å². The summed E-state index contributed by atoms with van der Waals surface area (Å²) < 4.78 is 6.29. The van der Waals surface area contributed by atoms with Crippen LogP contribution in [-0.2, 0) is 6.54 Å². The standard InChI is InChI=1S/C14H16BrNO/c1-10-4-3-5-12(8-10)9-16-11(2)13-6-7-14(15)17-13/h3-8,11,16H,9H2,1-2H3. The molecule has 1 unspecified atom stereocenters. The second-order valence-electron chi connectivity index (χ2n) is 4.23. The monoisotopic (exact) mass is 293 g/mol. The van der Waals surface area contributed by atoms with Gasteiger partial charge in [-0.2, -0.15) is 0 Å². The summed E-state index contributed by atoms with van der Waals surface area (Å²) in [5.41, 5.74) is 2.58. The van der Waals surface area contributed by atoms with Gasteiger partial charge in [-0.05, 0) is 47.5 Å². The first-order valence-electron chi connectivity index (χ1n) is 5.69. The van der Waals surface area contributed by atoms with Gasteiger partial charge in [-0.15, -0.1) is 0 Å². The highest BCUT2D eigenvalue weighted by Crippen LogP contribution is 2.20. The molecule has 0 aliphatic rings. The molecule has 0 saturated carbocycles. The molecule has 2 rings (SSSR count). The molecule has 1 atom stereocenters. The minimum Gasteiger partial charge on any atom is -0.453 e. The predicted molar refractivity (Wildman–Crippen MR) is 72.8 cm³/mol. The summed E-state index contributed by atoms with van der Waals surface area (Å²) in [5.74, 6) is 0.949. The van der Waals surface area contributed by atoms with Crippen LogP contribution in [-0.4, -0.2) is 0 Å². The molecule has 2 nitrogen and oxygen atoms in total. The fourth-order valence-electron chi connectivity index (χ4n) is 1.75. The third-order valence-corrected chi connectivity index (χ3v) is 3.14. The van der Waals surface area contributed by atoms with E-state index in [-0.39, 0.29) is 6.04 Å². The van der Waals surface area contributed by atoms with Gasteiger partial charge >= 0.3 is 0 Å². The molecular weight excluding hydrogens is 278 g/mol. The third-order valence-electron chi connectivity index (χ3n) is 2.72. The van der Waals surface area contributed by atoms with E-state index in [2.05, 4.69) is 59.4 Å². The van der Waals surface area contributed by atoms with Gasteiger partial charge in [-0.1, -0.05) is 29.8 Å². The molecule has 1 N–H and O–H groups in total. The smallest absolute Gasteiger partial charge is 0.169 e. The predicted octanol–water partition coefficient (Wildman–Crippen LogP) is 4.20. The Bertz CT molecular complexity index is 492. The first-order valence-corrected chi connectivity index (χ1v) is 6.48. The molecule has 3 heteroatoms. The topological polar surface area (TPSA) is 25.2 Å². The van der Waals surface area contributed by atoms with Crippen LogP contribution in [0, 0.1) is 6.92 Å². The number of nitrogens with one attached hydrogen (secondary N) is 1. The summed E-state index contributed by atoms with van der Waals surface area (Å²) in [6, 6.07) is 12.6. The van der Waals surface area contributed by atoms with Gasteiger partial charge in [0.1, 0.15) is 5.76 Å². The molecule has 0 bridgehead atoms. The Labute approximate surface area is 110 Å². The van der Waals surface area contributed by atoms with Gasteiger partial charge in [0.05, 0.1) is 6.04 Å². The minimum atomic E-state index is 0.210. The molecule has 1 heterocycles. The van der Waals surface area contributed by atoms with Crippen LogP contribution < -0.4 is 5.32 Å². The molecule has 0 fully saturated rings. The van der Waals surface area contributed by atoms with Gasteiger partial charge in [0.25, 0.3) is 0 Å². The Balaban J connectivity index is 1.94. The molecule has 0 aliphatic carbocycles. The Morgan fingerprint density at radius 3 is 2.76 bits per heavy atom. The van der Waals surface area contributed by atoms with Gasteiger partial charge in [0.2, 0.25) is 0 Å². The molecule has 1 aromatic heterocycles. The fourth-order valence-corrected chi connectivity index (χ4v) is 2.07. The lowest BCUT2D eigenvalue weighted by Crippen LogP contribution is -2.17. The van der Waals surface area contributed by atoms with Crippen LogP contribution in [0.4, 0.5) is 0 Å². The molecule has 90 valence electrons. The van der Waals surface area contributed by atoms with Crippen LogP contribution in [0.5, 0.6) is 0 Å². The quantitative estimate of drug-likeness (QED) is 0.914. The van der Waals surface area contributed by atoms with Crippen LogP contribution in [0.1, 0.15) is 29.9 Å². The van der Waals surface area contributed by atoms with Gasteiger partial charge in [-0.25, -0.2) is 0 Å². The molecule has 0 spiro atoms. The highest BCUT2D eigenvalue weighted by atomic mass is 79.9. The molecule has 0 saturated heterocycles. The minimum absolute atomic E-state index is 0.210. The fraction of sp³-hybridized carbons (Fsp3) is 0.286. The van der Waals surface area contributed by atoms with E-state index >= 15 is 0 Å². The first kappa shape index (κ1) is 12.4. The molecule has 0 amide bonds. The van der Waals surface area contributed by atoms with E-state index in [1.54, 1.807) is 0 Å². The number of furan rings is 1. The molecule has 2 aromatic rings. The number of hydrogen-bond acceptors (Lipinski definition) is 2. The van der Waals surface area contributed by atoms with E-state index in [4.69, 9.17) is 4.42 Å². The third kappa shape index (κ3) is 3.45. The van der Waals surface area contributed by atoms with E-state index in [1.807, 2.05) is 12.1 Å². The Kier molecular flexibility index (Phi) is 4.02. The Hall–Kier alpha value is -1.06. The molecule has 0 radical (unpaired) electrons. The summed E-state index contributed by atoms with van der Waals surface area (Å²) in [7, 11) is 0. The first-order chi connectivity index (χ1) is 8.15. The van der Waals surface area contributed by atoms with Crippen molar-refractivity contribution in [2.24, 2.45) is 0 Å². The van der Waals surface area contributed by atoms with Crippen molar-refractivity contribution in [3.8, 4) is 0 Å². The summed E-state index contributed by atoms with van der Waals surface area (Å²) in [6.45, 7) is 5.05. The summed E-state index contributed by atoms with van der Waals surface area (Å²) in [5, 5.41) is 3.44. The summed E-state index contributed by atoms with van der Waals surface area (Å²) in [4.78, 5) is 0. The van der Waals surface area contributed by atoms with Crippen molar-refractivity contribution in [2.75, 3.05) is 0 Å². The second kappa shape index (κ2) is 5.52. The van der Waals surface area contributed by atoms with Crippen LogP contribution in [0.15, 0.2) is 45.5 Å². The van der Waals surface area contributed by atoms with Crippen LogP contribution in [0.3, 0.4) is 0 Å². The van der Waals surface area contributed by atoms with Gasteiger partial charge in [-0.3, -0.25) is 0 Å². The molecule has 0 aliphatic heterocycles. The van der Waals surface area contributed by atoms with E-state index < -0.39 is 0 Å². The zero-order chi connectivity index (χ0) is 12.3. The summed E-state index contributed by atoms with van der Waals surface area (Å²) in [6.07, 6.45) is 0. The number of halogens is 1. The number of benzene rings is 1. The number of aryl methyl sites for hydroxylation is 1. The molecule has 1 aromatic carbocycles. The van der Waals surface area contributed by atoms with Gasteiger partial charge < -0.3 is 9.73 Å². The largest absolute Gasteiger partial charge is 0.453 e. The van der Waals surface area contributed by atoms with Gasteiger partial charge in [0.15, 0.2) is 4.67 Å². The van der Waals surface area contributed by atoms with Crippen molar-refractivity contribution in [1.29, 1.82) is 0 Å². The van der Waals surface area contributed by atoms with Crippen LogP contribution in [0.2, 0.25) is 0 Å².